The number of amides is 1. The van der Waals surface area contributed by atoms with Crippen molar-refractivity contribution >= 4 is 16.8 Å². The zero-order valence-corrected chi connectivity index (χ0v) is 15.7. The predicted octanol–water partition coefficient (Wildman–Crippen LogP) is 2.56. The Hall–Kier alpha value is -3.87. The fourth-order valence-corrected chi connectivity index (χ4v) is 3.04. The van der Waals surface area contributed by atoms with Gasteiger partial charge in [0.05, 0.1) is 22.9 Å². The molecule has 3 aromatic heterocycles. The molecule has 0 aliphatic carbocycles. The van der Waals surface area contributed by atoms with Crippen LogP contribution in [-0.4, -0.2) is 25.4 Å². The molecule has 7 nitrogen and oxygen atoms in total. The summed E-state index contributed by atoms with van der Waals surface area (Å²) in [6.07, 6.45) is 6.84. The molecule has 0 bridgehead atoms. The number of hydrogen-bond acceptors (Lipinski definition) is 5. The van der Waals surface area contributed by atoms with Crippen LogP contribution in [0.25, 0.3) is 22.2 Å². The Morgan fingerprint density at radius 2 is 1.83 bits per heavy atom. The number of fused-ring (bicyclic) bond motifs is 1. The highest BCUT2D eigenvalue weighted by Gasteiger charge is 2.07. The van der Waals surface area contributed by atoms with E-state index in [1.807, 2.05) is 30.3 Å². The monoisotopic (exact) mass is 385 g/mol. The molecular formula is C22H19N5O2. The molecule has 0 saturated heterocycles. The second-order valence-electron chi connectivity index (χ2n) is 6.57. The van der Waals surface area contributed by atoms with Crippen molar-refractivity contribution in [3.63, 3.8) is 0 Å². The molecule has 144 valence electrons. The van der Waals surface area contributed by atoms with Gasteiger partial charge in [-0.05, 0) is 42.0 Å². The standard InChI is InChI=1S/C22H19N5O2/c28-21(8-12-27-15-26-19-4-2-1-3-18(19)22(27)29)25-14-16-5-11-24-20(13-16)17-6-9-23-10-7-17/h1-7,9-11,13,15H,8,12,14H2,(H,25,28). The van der Waals surface area contributed by atoms with Crippen LogP contribution in [0.1, 0.15) is 12.0 Å². The first-order chi connectivity index (χ1) is 14.2. The average molecular weight is 385 g/mol. The van der Waals surface area contributed by atoms with E-state index in [9.17, 15) is 9.59 Å². The van der Waals surface area contributed by atoms with Gasteiger partial charge in [-0.15, -0.1) is 0 Å². The Labute approximate surface area is 167 Å². The van der Waals surface area contributed by atoms with Crippen molar-refractivity contribution in [1.29, 1.82) is 0 Å². The van der Waals surface area contributed by atoms with Gasteiger partial charge in [-0.3, -0.25) is 24.1 Å². The first-order valence-electron chi connectivity index (χ1n) is 9.27. The maximum atomic E-state index is 12.5. The van der Waals surface area contributed by atoms with Crippen molar-refractivity contribution in [1.82, 2.24) is 24.8 Å². The van der Waals surface area contributed by atoms with Gasteiger partial charge in [0.1, 0.15) is 0 Å². The lowest BCUT2D eigenvalue weighted by Crippen LogP contribution is -2.27. The number of nitrogens with one attached hydrogen (secondary N) is 1. The van der Waals surface area contributed by atoms with Gasteiger partial charge in [0.2, 0.25) is 5.91 Å². The Balaban J connectivity index is 1.36. The molecule has 0 unspecified atom stereocenters. The average Bonchev–Trinajstić information content (AvgIpc) is 2.78. The van der Waals surface area contributed by atoms with E-state index >= 15 is 0 Å². The fourth-order valence-electron chi connectivity index (χ4n) is 3.04. The topological polar surface area (TPSA) is 89.8 Å². The van der Waals surface area contributed by atoms with Crippen molar-refractivity contribution < 1.29 is 4.79 Å². The molecule has 0 atom stereocenters. The van der Waals surface area contributed by atoms with Crippen LogP contribution in [0.2, 0.25) is 0 Å². The number of nitrogens with zero attached hydrogens (tertiary/aromatic N) is 4. The molecule has 1 amide bonds. The smallest absolute Gasteiger partial charge is 0.261 e. The highest BCUT2D eigenvalue weighted by molar-refractivity contribution is 5.77. The maximum Gasteiger partial charge on any atom is 0.261 e. The van der Waals surface area contributed by atoms with Gasteiger partial charge < -0.3 is 5.32 Å². The second-order valence-corrected chi connectivity index (χ2v) is 6.57. The van der Waals surface area contributed by atoms with E-state index in [1.165, 1.54) is 10.9 Å². The predicted molar refractivity (Wildman–Crippen MR) is 110 cm³/mol. The summed E-state index contributed by atoms with van der Waals surface area (Å²) in [5.41, 5.74) is 3.26. The summed E-state index contributed by atoms with van der Waals surface area (Å²) in [5, 5.41) is 3.44. The SMILES string of the molecule is O=C(CCn1cnc2ccccc2c1=O)NCc1ccnc(-c2ccncc2)c1. The van der Waals surface area contributed by atoms with Gasteiger partial charge in [-0.2, -0.15) is 0 Å². The van der Waals surface area contributed by atoms with E-state index in [0.29, 0.717) is 17.4 Å². The van der Waals surface area contributed by atoms with Gasteiger partial charge in [0.15, 0.2) is 0 Å². The maximum absolute atomic E-state index is 12.5. The minimum atomic E-state index is -0.139. The summed E-state index contributed by atoms with van der Waals surface area (Å²) in [6, 6.07) is 14.8. The summed E-state index contributed by atoms with van der Waals surface area (Å²) in [7, 11) is 0. The van der Waals surface area contributed by atoms with Crippen molar-refractivity contribution in [3.05, 3.63) is 89.4 Å². The molecule has 29 heavy (non-hydrogen) atoms. The van der Waals surface area contributed by atoms with Crippen molar-refractivity contribution in [3.8, 4) is 11.3 Å². The minimum Gasteiger partial charge on any atom is -0.352 e. The number of para-hydroxylation sites is 1. The third-order valence-corrected chi connectivity index (χ3v) is 4.60. The Kier molecular flexibility index (Phi) is 5.38. The molecule has 0 spiro atoms. The van der Waals surface area contributed by atoms with Gasteiger partial charge >= 0.3 is 0 Å². The van der Waals surface area contributed by atoms with Crippen LogP contribution < -0.4 is 10.9 Å². The molecule has 4 rings (SSSR count). The van der Waals surface area contributed by atoms with Crippen LogP contribution in [0.3, 0.4) is 0 Å². The van der Waals surface area contributed by atoms with E-state index in [4.69, 9.17) is 0 Å². The van der Waals surface area contributed by atoms with Gasteiger partial charge in [-0.25, -0.2) is 4.98 Å². The number of pyridine rings is 2. The summed E-state index contributed by atoms with van der Waals surface area (Å²) >= 11 is 0. The zero-order valence-electron chi connectivity index (χ0n) is 15.7. The van der Waals surface area contributed by atoms with E-state index in [0.717, 1.165) is 16.8 Å². The Morgan fingerprint density at radius 1 is 1.00 bits per heavy atom. The largest absolute Gasteiger partial charge is 0.352 e. The van der Waals surface area contributed by atoms with Crippen LogP contribution >= 0.6 is 0 Å². The van der Waals surface area contributed by atoms with Gasteiger partial charge in [0.25, 0.3) is 5.56 Å². The number of aromatic nitrogens is 4. The minimum absolute atomic E-state index is 0.132. The molecule has 3 heterocycles. The second kappa shape index (κ2) is 8.43. The summed E-state index contributed by atoms with van der Waals surface area (Å²) in [4.78, 5) is 37.4. The number of aryl methyl sites for hydroxylation is 1. The lowest BCUT2D eigenvalue weighted by Gasteiger charge is -2.09. The molecule has 0 aliphatic rings. The van der Waals surface area contributed by atoms with Crippen molar-refractivity contribution in [2.24, 2.45) is 0 Å². The van der Waals surface area contributed by atoms with Crippen LogP contribution in [0.4, 0.5) is 0 Å². The summed E-state index contributed by atoms with van der Waals surface area (Å²) in [6.45, 7) is 0.672. The third kappa shape index (κ3) is 4.35. The molecule has 1 N–H and O–H groups in total. The van der Waals surface area contributed by atoms with E-state index in [2.05, 4.69) is 20.3 Å². The third-order valence-electron chi connectivity index (χ3n) is 4.60. The van der Waals surface area contributed by atoms with Crippen LogP contribution in [-0.2, 0) is 17.9 Å². The Bertz CT molecular complexity index is 1200. The highest BCUT2D eigenvalue weighted by atomic mass is 16.1. The molecular weight excluding hydrogens is 366 g/mol. The van der Waals surface area contributed by atoms with E-state index < -0.39 is 0 Å². The zero-order chi connectivity index (χ0) is 20.1. The van der Waals surface area contributed by atoms with E-state index in [1.54, 1.807) is 36.8 Å². The molecule has 0 fully saturated rings. The number of hydrogen-bond donors (Lipinski definition) is 1. The van der Waals surface area contributed by atoms with Crippen molar-refractivity contribution in [2.45, 2.75) is 19.5 Å². The van der Waals surface area contributed by atoms with Crippen LogP contribution in [0, 0.1) is 0 Å². The van der Waals surface area contributed by atoms with E-state index in [-0.39, 0.29) is 24.4 Å². The normalized spacial score (nSPS) is 10.8. The van der Waals surface area contributed by atoms with Crippen molar-refractivity contribution in [2.75, 3.05) is 0 Å². The molecule has 0 aliphatic heterocycles. The Morgan fingerprint density at radius 3 is 2.69 bits per heavy atom. The number of rotatable bonds is 6. The summed E-state index contributed by atoms with van der Waals surface area (Å²) in [5.74, 6) is -0.132. The first-order valence-corrected chi connectivity index (χ1v) is 9.27. The molecule has 0 radical (unpaired) electrons. The quantitative estimate of drug-likeness (QED) is 0.551. The highest BCUT2D eigenvalue weighted by Crippen LogP contribution is 2.16. The lowest BCUT2D eigenvalue weighted by atomic mass is 10.1. The van der Waals surface area contributed by atoms with Crippen LogP contribution in [0.15, 0.2) is 78.2 Å². The lowest BCUT2D eigenvalue weighted by molar-refractivity contribution is -0.121. The molecule has 1 aromatic carbocycles. The molecule has 4 aromatic rings. The van der Waals surface area contributed by atoms with Gasteiger partial charge in [-0.1, -0.05) is 12.1 Å². The molecule has 0 saturated carbocycles. The molecule has 7 heteroatoms. The first kappa shape index (κ1) is 18.5. The number of carbonyl (C=O) groups excluding carboxylic acids is 1. The van der Waals surface area contributed by atoms with Crippen LogP contribution in [0.5, 0.6) is 0 Å². The van der Waals surface area contributed by atoms with Gasteiger partial charge in [0, 0.05) is 43.7 Å². The summed E-state index contributed by atoms with van der Waals surface area (Å²) < 4.78 is 1.47. The number of carbonyl (C=O) groups is 1. The number of benzene rings is 1. The fraction of sp³-hybridized carbons (Fsp3) is 0.136.